The number of carboxylic acids is 3. The number of carbonyl (C=O) groups is 11. The Morgan fingerprint density at radius 1 is 0.594 bits per heavy atom. The van der Waals surface area contributed by atoms with E-state index in [2.05, 4.69) is 37.2 Å². The minimum absolute atomic E-state index is 0.00478. The predicted molar refractivity (Wildman–Crippen MR) is 243 cm³/mol. The first-order valence-corrected chi connectivity index (χ1v) is 22.8. The average molecular weight is 978 g/mol. The molecule has 25 nitrogen and oxygen atoms in total. The number of nitrogen functional groups attached to an aromatic ring is 1. The third-order valence-corrected chi connectivity index (χ3v) is 10.8. The van der Waals surface area contributed by atoms with Crippen LogP contribution in [0.2, 0.25) is 0 Å². The van der Waals surface area contributed by atoms with Crippen molar-refractivity contribution < 1.29 is 77.5 Å². The van der Waals surface area contributed by atoms with Crippen molar-refractivity contribution in [3.63, 3.8) is 0 Å². The van der Waals surface area contributed by atoms with Crippen LogP contribution in [-0.4, -0.2) is 151 Å². The van der Waals surface area contributed by atoms with Crippen LogP contribution in [0.4, 0.5) is 5.69 Å². The Morgan fingerprint density at radius 3 is 1.90 bits per heavy atom. The molecule has 0 radical (unpaired) electrons. The molecule has 2 rings (SSSR count). The number of carboxylic acid groups (broad SMARTS) is 3. The smallest absolute Gasteiger partial charge is 0.326 e. The Hall–Kier alpha value is -6.89. The molecule has 1 aromatic rings. The summed E-state index contributed by atoms with van der Waals surface area (Å²) in [6, 6.07) is 2.72. The van der Waals surface area contributed by atoms with Crippen LogP contribution >= 0.6 is 0 Å². The van der Waals surface area contributed by atoms with Gasteiger partial charge in [-0.2, -0.15) is 0 Å². The summed E-state index contributed by atoms with van der Waals surface area (Å²) in [4.78, 5) is 133. The van der Waals surface area contributed by atoms with Crippen LogP contribution in [0.3, 0.4) is 0 Å². The minimum Gasteiger partial charge on any atom is -0.481 e. The fourth-order valence-electron chi connectivity index (χ4n) is 6.93. The number of unbranched alkanes of at least 4 members (excludes halogenated alkanes) is 1. The van der Waals surface area contributed by atoms with E-state index in [9.17, 15) is 57.8 Å². The standard InChI is InChI=1S/C44H67N9O16/c45-30-13-11-28(12-14-30)41(63)47-19-2-1-4-31(40(46)62)51-36(56)25-50-37(57)26-69-23-22-68-21-20-48-43(65)32(16-18-39(60)61)52-35(55)17-15-33(44(66)67)53-42(64)29-9-7-27(8-10-29)24-49-34(54)5-3-6-38(58)59/h11-14,27,29,31-33H,1-10,15-26,45H2,(H2,46,62)(H,47,63)(H,48,65)(H,49,54)(H,50,57)(H,51,56)(H,52,55)(H,53,64)(H,58,59)(H,60,61)(H,66,67). The topological polar surface area (TPSA) is 403 Å². The van der Waals surface area contributed by atoms with Crippen LogP contribution < -0.4 is 48.7 Å². The maximum absolute atomic E-state index is 12.9. The number of amides is 8. The molecule has 0 aromatic heterocycles. The number of rotatable bonds is 35. The first kappa shape index (κ1) is 58.2. The number of hydrogen-bond donors (Lipinski definition) is 12. The number of ether oxygens (including phenoxy) is 2. The lowest BCUT2D eigenvalue weighted by Crippen LogP contribution is -2.48. The van der Waals surface area contributed by atoms with Crippen molar-refractivity contribution in [2.75, 3.05) is 58.3 Å². The second kappa shape index (κ2) is 32.8. The molecule has 25 heteroatoms. The second-order valence-corrected chi connectivity index (χ2v) is 16.4. The molecule has 0 bridgehead atoms. The molecule has 0 heterocycles. The number of nitrogens with two attached hydrogens (primary N) is 2. The molecule has 3 unspecified atom stereocenters. The summed E-state index contributed by atoms with van der Waals surface area (Å²) >= 11 is 0. The highest BCUT2D eigenvalue weighted by Crippen LogP contribution is 2.29. The average Bonchev–Trinajstić information content (AvgIpc) is 3.30. The van der Waals surface area contributed by atoms with Crippen LogP contribution in [0.1, 0.15) is 100 Å². The van der Waals surface area contributed by atoms with E-state index in [0.29, 0.717) is 62.9 Å². The number of hydrogen-bond acceptors (Lipinski definition) is 14. The summed E-state index contributed by atoms with van der Waals surface area (Å²) in [5.74, 6) is -8.50. The number of benzene rings is 1. The molecule has 0 spiro atoms. The Labute approximate surface area is 398 Å². The molecule has 1 aromatic carbocycles. The van der Waals surface area contributed by atoms with Crippen LogP contribution in [0, 0.1) is 11.8 Å². The van der Waals surface area contributed by atoms with Crippen molar-refractivity contribution in [1.29, 1.82) is 0 Å². The molecule has 1 aliphatic rings. The number of nitrogens with one attached hydrogen (secondary N) is 7. The van der Waals surface area contributed by atoms with E-state index in [0.717, 1.165) is 0 Å². The Kier molecular flexibility index (Phi) is 27.6. The Morgan fingerprint density at radius 2 is 1.25 bits per heavy atom. The number of anilines is 1. The molecule has 3 atom stereocenters. The van der Waals surface area contributed by atoms with Crippen molar-refractivity contribution >= 4 is 70.9 Å². The zero-order chi connectivity index (χ0) is 51.1. The van der Waals surface area contributed by atoms with Gasteiger partial charge in [0.15, 0.2) is 0 Å². The number of carbonyl (C=O) groups excluding carboxylic acids is 8. The van der Waals surface area contributed by atoms with Crippen molar-refractivity contribution in [2.45, 2.75) is 108 Å². The molecule has 1 saturated carbocycles. The van der Waals surface area contributed by atoms with E-state index >= 15 is 0 Å². The minimum atomic E-state index is -1.42. The fraction of sp³-hybridized carbons (Fsp3) is 0.614. The van der Waals surface area contributed by atoms with E-state index in [-0.39, 0.29) is 82.6 Å². The van der Waals surface area contributed by atoms with Crippen LogP contribution in [0.15, 0.2) is 24.3 Å². The first-order chi connectivity index (χ1) is 32.8. The van der Waals surface area contributed by atoms with Gasteiger partial charge in [0.05, 0.1) is 26.4 Å². The normalized spacial score (nSPS) is 15.5. The van der Waals surface area contributed by atoms with Gasteiger partial charge in [-0.3, -0.25) is 47.9 Å². The molecular formula is C44H67N9O16. The highest BCUT2D eigenvalue weighted by atomic mass is 16.5. The van der Waals surface area contributed by atoms with E-state index in [1.54, 1.807) is 24.3 Å². The summed E-state index contributed by atoms with van der Waals surface area (Å²) < 4.78 is 10.6. The van der Waals surface area contributed by atoms with Crippen molar-refractivity contribution in [1.82, 2.24) is 37.2 Å². The zero-order valence-electron chi connectivity index (χ0n) is 38.6. The van der Waals surface area contributed by atoms with E-state index < -0.39 is 103 Å². The van der Waals surface area contributed by atoms with Gasteiger partial charge in [-0.05, 0) is 94.4 Å². The number of aliphatic carboxylic acids is 3. The highest BCUT2D eigenvalue weighted by Gasteiger charge is 2.30. The van der Waals surface area contributed by atoms with E-state index in [1.165, 1.54) is 0 Å². The van der Waals surface area contributed by atoms with Gasteiger partial charge in [0.1, 0.15) is 24.7 Å². The third kappa shape index (κ3) is 26.3. The van der Waals surface area contributed by atoms with Crippen LogP contribution in [0.5, 0.6) is 0 Å². The van der Waals surface area contributed by atoms with E-state index in [1.807, 2.05) is 0 Å². The molecule has 1 fully saturated rings. The summed E-state index contributed by atoms with van der Waals surface area (Å²) in [5, 5.41) is 45.4. The van der Waals surface area contributed by atoms with Gasteiger partial charge in [0.25, 0.3) is 5.91 Å². The van der Waals surface area contributed by atoms with Gasteiger partial charge in [-0.25, -0.2) is 4.79 Å². The van der Waals surface area contributed by atoms with Gasteiger partial charge in [-0.15, -0.1) is 0 Å². The van der Waals surface area contributed by atoms with Crippen LogP contribution in [0.25, 0.3) is 0 Å². The Bertz CT molecular complexity index is 1890. The quantitative estimate of drug-likeness (QED) is 0.0266. The van der Waals surface area contributed by atoms with Gasteiger partial charge < -0.3 is 73.5 Å². The molecule has 0 aliphatic heterocycles. The maximum atomic E-state index is 12.9. The lowest BCUT2D eigenvalue weighted by atomic mass is 9.81. The molecule has 384 valence electrons. The Balaban J connectivity index is 1.62. The molecule has 1 aliphatic carbocycles. The SMILES string of the molecule is NC(=O)C(CCCCNC(=O)c1ccc(N)cc1)NC(=O)CNC(=O)COCCOCCNC(=O)C(CCC(=O)O)NC(=O)CCC(NC(=O)C1CCC(CNC(=O)CCCC(=O)O)CC1)C(=O)O. The molecule has 14 N–H and O–H groups in total. The fourth-order valence-corrected chi connectivity index (χ4v) is 6.93. The van der Waals surface area contributed by atoms with Gasteiger partial charge in [0.2, 0.25) is 41.4 Å². The lowest BCUT2D eigenvalue weighted by Gasteiger charge is -2.28. The largest absolute Gasteiger partial charge is 0.481 e. The maximum Gasteiger partial charge on any atom is 0.326 e. The van der Waals surface area contributed by atoms with Crippen molar-refractivity contribution in [3.05, 3.63) is 29.8 Å². The summed E-state index contributed by atoms with van der Waals surface area (Å²) in [7, 11) is 0. The predicted octanol–water partition coefficient (Wildman–Crippen LogP) is -1.72. The third-order valence-electron chi connectivity index (χ3n) is 10.8. The molecule has 0 saturated heterocycles. The summed E-state index contributed by atoms with van der Waals surface area (Å²) in [6.45, 7) is -0.316. The van der Waals surface area contributed by atoms with Gasteiger partial charge >= 0.3 is 17.9 Å². The summed E-state index contributed by atoms with van der Waals surface area (Å²) in [5.41, 5.74) is 12.0. The van der Waals surface area contributed by atoms with Gasteiger partial charge in [0, 0.05) is 62.5 Å². The van der Waals surface area contributed by atoms with E-state index in [4.69, 9.17) is 31.2 Å². The monoisotopic (exact) mass is 977 g/mol. The lowest BCUT2D eigenvalue weighted by molar-refractivity contribution is -0.143. The summed E-state index contributed by atoms with van der Waals surface area (Å²) in [6.07, 6.45) is 2.03. The van der Waals surface area contributed by atoms with Crippen molar-refractivity contribution in [3.8, 4) is 0 Å². The first-order valence-electron chi connectivity index (χ1n) is 22.8. The zero-order valence-corrected chi connectivity index (χ0v) is 38.6. The number of primary amides is 1. The van der Waals surface area contributed by atoms with Gasteiger partial charge in [-0.1, -0.05) is 0 Å². The molecular weight excluding hydrogens is 911 g/mol. The highest BCUT2D eigenvalue weighted by molar-refractivity contribution is 5.94. The van der Waals surface area contributed by atoms with Crippen LogP contribution in [-0.2, 0) is 57.4 Å². The molecule has 8 amide bonds. The second-order valence-electron chi connectivity index (χ2n) is 16.4. The van der Waals surface area contributed by atoms with Crippen molar-refractivity contribution in [2.24, 2.45) is 17.6 Å². The molecule has 69 heavy (non-hydrogen) atoms.